The molecule has 0 aromatic heterocycles. The van der Waals surface area contributed by atoms with Gasteiger partial charge >= 0.3 is 0 Å². The molecule has 0 radical (unpaired) electrons. The average Bonchev–Trinajstić information content (AvgIpc) is 3.34. The Morgan fingerprint density at radius 3 is 1.82 bits per heavy atom. The number of epoxide rings is 1. The van der Waals surface area contributed by atoms with Crippen molar-refractivity contribution < 1.29 is 9.22 Å². The average molecular weight is 311 g/mol. The van der Waals surface area contributed by atoms with Gasteiger partial charge in [0.1, 0.15) is 12.6 Å². The largest absolute Gasteiger partial charge is 0.367 e. The minimum Gasteiger partial charge on any atom is -0.367 e. The summed E-state index contributed by atoms with van der Waals surface area (Å²) in [5.41, 5.74) is 0. The lowest BCUT2D eigenvalue weighted by atomic mass is 10.1. The lowest BCUT2D eigenvalue weighted by Crippen LogP contribution is -2.52. The van der Waals surface area contributed by atoms with E-state index in [-0.39, 0.29) is 0 Å². The summed E-state index contributed by atoms with van der Waals surface area (Å²) in [6, 6.07) is 0. The SMILES string of the molecule is CCCC/C=C/CCC[N+](CCCC)(CCCC)CC1CO1. The Morgan fingerprint density at radius 1 is 0.818 bits per heavy atom. The first-order chi connectivity index (χ1) is 10.8. The Bertz CT molecular complexity index is 275. The van der Waals surface area contributed by atoms with Crippen LogP contribution in [0.1, 0.15) is 78.6 Å². The molecule has 0 amide bonds. The molecule has 1 unspecified atom stereocenters. The number of hydrogen-bond donors (Lipinski definition) is 0. The molecule has 0 aromatic carbocycles. The molecule has 1 rings (SSSR count). The second-order valence-corrected chi connectivity index (χ2v) is 7.11. The second kappa shape index (κ2) is 12.1. The molecule has 0 bridgehead atoms. The van der Waals surface area contributed by atoms with Gasteiger partial charge in [-0.2, -0.15) is 0 Å². The molecule has 1 heterocycles. The quantitative estimate of drug-likeness (QED) is 0.172. The fraction of sp³-hybridized carbons (Fsp3) is 0.900. The summed E-state index contributed by atoms with van der Waals surface area (Å²) < 4.78 is 6.88. The highest BCUT2D eigenvalue weighted by Crippen LogP contribution is 2.21. The summed E-state index contributed by atoms with van der Waals surface area (Å²) in [6.45, 7) is 13.2. The second-order valence-electron chi connectivity index (χ2n) is 7.11. The van der Waals surface area contributed by atoms with Gasteiger partial charge in [0.15, 0.2) is 0 Å². The van der Waals surface area contributed by atoms with Gasteiger partial charge in [-0.25, -0.2) is 0 Å². The first kappa shape index (κ1) is 19.7. The zero-order chi connectivity index (χ0) is 16.1. The Kier molecular flexibility index (Phi) is 10.9. The summed E-state index contributed by atoms with van der Waals surface area (Å²) in [6.07, 6.45) is 17.2. The van der Waals surface area contributed by atoms with Gasteiger partial charge in [0.25, 0.3) is 0 Å². The maximum Gasteiger partial charge on any atom is 0.130 e. The van der Waals surface area contributed by atoms with Crippen LogP contribution in [0, 0.1) is 0 Å². The molecular formula is C20H40NO+. The van der Waals surface area contributed by atoms with Gasteiger partial charge in [-0.3, -0.25) is 0 Å². The molecule has 1 aliphatic rings. The predicted molar refractivity (Wildman–Crippen MR) is 97.2 cm³/mol. The summed E-state index contributed by atoms with van der Waals surface area (Å²) in [5, 5.41) is 0. The van der Waals surface area contributed by atoms with Crippen LogP contribution in [0.25, 0.3) is 0 Å². The topological polar surface area (TPSA) is 12.5 Å². The van der Waals surface area contributed by atoms with Crippen molar-refractivity contribution in [2.24, 2.45) is 0 Å². The molecule has 0 aromatic rings. The number of quaternary nitrogens is 1. The van der Waals surface area contributed by atoms with E-state index >= 15 is 0 Å². The van der Waals surface area contributed by atoms with E-state index in [1.54, 1.807) is 0 Å². The summed E-state index contributed by atoms with van der Waals surface area (Å²) >= 11 is 0. The van der Waals surface area contributed by atoms with Gasteiger partial charge in [0.05, 0.1) is 26.2 Å². The number of ether oxygens (including phenoxy) is 1. The number of allylic oxidation sites excluding steroid dienone is 2. The van der Waals surface area contributed by atoms with Gasteiger partial charge < -0.3 is 9.22 Å². The van der Waals surface area contributed by atoms with E-state index < -0.39 is 0 Å². The molecule has 0 spiro atoms. The van der Waals surface area contributed by atoms with Crippen molar-refractivity contribution in [3.63, 3.8) is 0 Å². The Balaban J connectivity index is 2.41. The third kappa shape index (κ3) is 8.95. The summed E-state index contributed by atoms with van der Waals surface area (Å²) in [5.74, 6) is 0. The molecule has 130 valence electrons. The highest BCUT2D eigenvalue weighted by molar-refractivity contribution is 4.81. The maximum atomic E-state index is 5.57. The normalized spacial score (nSPS) is 18.2. The third-order valence-electron chi connectivity index (χ3n) is 4.86. The molecular weight excluding hydrogens is 270 g/mol. The first-order valence-corrected chi connectivity index (χ1v) is 9.88. The van der Waals surface area contributed by atoms with Gasteiger partial charge in [0, 0.05) is 6.42 Å². The van der Waals surface area contributed by atoms with Gasteiger partial charge in [-0.05, 0) is 25.7 Å². The fourth-order valence-electron chi connectivity index (χ4n) is 3.30. The van der Waals surface area contributed by atoms with Crippen LogP contribution < -0.4 is 0 Å². The van der Waals surface area contributed by atoms with Crippen molar-refractivity contribution >= 4 is 0 Å². The van der Waals surface area contributed by atoms with E-state index in [4.69, 9.17) is 4.74 Å². The zero-order valence-corrected chi connectivity index (χ0v) is 15.5. The molecule has 1 aliphatic heterocycles. The molecule has 0 saturated carbocycles. The minimum absolute atomic E-state index is 0.564. The summed E-state index contributed by atoms with van der Waals surface area (Å²) in [7, 11) is 0. The highest BCUT2D eigenvalue weighted by Gasteiger charge is 2.35. The molecule has 1 atom stereocenters. The monoisotopic (exact) mass is 310 g/mol. The summed E-state index contributed by atoms with van der Waals surface area (Å²) in [4.78, 5) is 0. The van der Waals surface area contributed by atoms with Crippen LogP contribution >= 0.6 is 0 Å². The van der Waals surface area contributed by atoms with Gasteiger partial charge in [-0.1, -0.05) is 58.6 Å². The first-order valence-electron chi connectivity index (χ1n) is 9.88. The predicted octanol–water partition coefficient (Wildman–Crippen LogP) is 5.33. The Hall–Kier alpha value is -0.340. The molecule has 22 heavy (non-hydrogen) atoms. The Morgan fingerprint density at radius 2 is 1.32 bits per heavy atom. The molecule has 1 saturated heterocycles. The van der Waals surface area contributed by atoms with Crippen LogP contribution in [0.4, 0.5) is 0 Å². The number of hydrogen-bond acceptors (Lipinski definition) is 1. The van der Waals surface area contributed by atoms with Crippen LogP contribution in [0.15, 0.2) is 12.2 Å². The molecule has 1 fully saturated rings. The minimum atomic E-state index is 0.564. The fourth-order valence-corrected chi connectivity index (χ4v) is 3.30. The zero-order valence-electron chi connectivity index (χ0n) is 15.5. The van der Waals surface area contributed by atoms with Gasteiger partial charge in [-0.15, -0.1) is 0 Å². The lowest BCUT2D eigenvalue weighted by molar-refractivity contribution is -0.929. The van der Waals surface area contributed by atoms with E-state index in [9.17, 15) is 0 Å². The van der Waals surface area contributed by atoms with E-state index in [2.05, 4.69) is 32.9 Å². The van der Waals surface area contributed by atoms with Gasteiger partial charge in [0.2, 0.25) is 0 Å². The molecule has 0 aliphatic carbocycles. The van der Waals surface area contributed by atoms with Crippen LogP contribution in [-0.2, 0) is 4.74 Å². The maximum absolute atomic E-state index is 5.57. The Labute approximate surface area is 139 Å². The lowest BCUT2D eigenvalue weighted by Gasteiger charge is -2.39. The molecule has 2 heteroatoms. The van der Waals surface area contributed by atoms with Crippen LogP contribution in [0.2, 0.25) is 0 Å². The van der Waals surface area contributed by atoms with Crippen LogP contribution in [-0.4, -0.2) is 43.4 Å². The van der Waals surface area contributed by atoms with E-state index in [0.717, 1.165) is 6.61 Å². The number of rotatable bonds is 15. The van der Waals surface area contributed by atoms with Crippen molar-refractivity contribution in [3.8, 4) is 0 Å². The van der Waals surface area contributed by atoms with Crippen molar-refractivity contribution in [1.82, 2.24) is 0 Å². The van der Waals surface area contributed by atoms with Crippen molar-refractivity contribution in [3.05, 3.63) is 12.2 Å². The van der Waals surface area contributed by atoms with E-state index in [1.807, 2.05) is 0 Å². The van der Waals surface area contributed by atoms with Crippen LogP contribution in [0.5, 0.6) is 0 Å². The van der Waals surface area contributed by atoms with Crippen LogP contribution in [0.3, 0.4) is 0 Å². The van der Waals surface area contributed by atoms with Crippen molar-refractivity contribution in [1.29, 1.82) is 0 Å². The van der Waals surface area contributed by atoms with Crippen molar-refractivity contribution in [2.45, 2.75) is 84.7 Å². The smallest absolute Gasteiger partial charge is 0.130 e. The van der Waals surface area contributed by atoms with Crippen molar-refractivity contribution in [2.75, 3.05) is 32.8 Å². The standard InChI is InChI=1S/C20H40NO/c1-4-7-10-11-12-13-14-17-21(15-8-5-2,16-9-6-3)18-20-19-22-20/h11-12,20H,4-10,13-19H2,1-3H3/q+1/b12-11+. The number of nitrogens with zero attached hydrogens (tertiary/aromatic N) is 1. The highest BCUT2D eigenvalue weighted by atomic mass is 16.6. The third-order valence-corrected chi connectivity index (χ3v) is 4.86. The molecule has 2 nitrogen and oxygen atoms in total. The van der Waals surface area contributed by atoms with E-state index in [0.29, 0.717) is 6.10 Å². The molecule has 0 N–H and O–H groups in total. The number of unbranched alkanes of at least 4 members (excludes halogenated alkanes) is 5. The van der Waals surface area contributed by atoms with E-state index in [1.165, 1.54) is 88.4 Å².